The summed E-state index contributed by atoms with van der Waals surface area (Å²) in [6.45, 7) is 1.86. The van der Waals surface area contributed by atoms with Crippen LogP contribution in [0.1, 0.15) is 0 Å². The van der Waals surface area contributed by atoms with Gasteiger partial charge in [0.2, 0.25) is 5.91 Å². The van der Waals surface area contributed by atoms with E-state index in [4.69, 9.17) is 11.6 Å². The Morgan fingerprint density at radius 3 is 2.35 bits per heavy atom. The first-order valence-corrected chi connectivity index (χ1v) is 10.1. The van der Waals surface area contributed by atoms with Crippen molar-refractivity contribution in [1.82, 2.24) is 14.7 Å². The van der Waals surface area contributed by atoms with Crippen LogP contribution in [0.4, 0.5) is 14.5 Å². The van der Waals surface area contributed by atoms with Crippen LogP contribution in [0.5, 0.6) is 0 Å². The second-order valence-electron chi connectivity index (χ2n) is 7.19. The molecule has 0 bridgehead atoms. The minimum absolute atomic E-state index is 0.0579. The molecule has 0 aliphatic carbocycles. The summed E-state index contributed by atoms with van der Waals surface area (Å²) in [5.41, 5.74) is 1.53. The van der Waals surface area contributed by atoms with Gasteiger partial charge in [-0.05, 0) is 48.5 Å². The number of piperazine rings is 1. The standard InChI is InChI=1S/C22H19ClF2N4O2/c23-18-13-17(5-6-19(18)25)27-9-11-28(12-10-27)22(31)14-29-21(30)8-7-20(26-29)15-1-3-16(24)4-2-15/h1-8,13H,9-12,14H2. The van der Waals surface area contributed by atoms with Gasteiger partial charge in [-0.3, -0.25) is 9.59 Å². The lowest BCUT2D eigenvalue weighted by atomic mass is 10.1. The van der Waals surface area contributed by atoms with Gasteiger partial charge in [-0.2, -0.15) is 5.10 Å². The van der Waals surface area contributed by atoms with Gasteiger partial charge in [-0.25, -0.2) is 13.5 Å². The lowest BCUT2D eigenvalue weighted by Crippen LogP contribution is -2.50. The molecule has 9 heteroatoms. The fourth-order valence-electron chi connectivity index (χ4n) is 3.46. The summed E-state index contributed by atoms with van der Waals surface area (Å²) in [5.74, 6) is -1.06. The van der Waals surface area contributed by atoms with E-state index in [9.17, 15) is 18.4 Å². The van der Waals surface area contributed by atoms with Crippen LogP contribution in [-0.4, -0.2) is 46.8 Å². The fourth-order valence-corrected chi connectivity index (χ4v) is 3.64. The van der Waals surface area contributed by atoms with Gasteiger partial charge in [-0.15, -0.1) is 0 Å². The molecule has 2 heterocycles. The van der Waals surface area contributed by atoms with Gasteiger partial charge in [-0.1, -0.05) is 11.6 Å². The minimum atomic E-state index is -0.472. The lowest BCUT2D eigenvalue weighted by molar-refractivity contribution is -0.132. The first-order valence-electron chi connectivity index (χ1n) is 9.72. The number of halogens is 3. The summed E-state index contributed by atoms with van der Waals surface area (Å²) < 4.78 is 27.6. The fraction of sp³-hybridized carbons (Fsp3) is 0.227. The minimum Gasteiger partial charge on any atom is -0.368 e. The second kappa shape index (κ2) is 8.85. The average Bonchev–Trinajstić information content (AvgIpc) is 2.78. The van der Waals surface area contributed by atoms with Crippen molar-refractivity contribution < 1.29 is 13.6 Å². The van der Waals surface area contributed by atoms with E-state index in [1.807, 2.05) is 4.90 Å². The predicted molar refractivity (Wildman–Crippen MR) is 114 cm³/mol. The van der Waals surface area contributed by atoms with Crippen LogP contribution in [0.15, 0.2) is 59.4 Å². The van der Waals surface area contributed by atoms with E-state index in [2.05, 4.69) is 5.10 Å². The molecular formula is C22H19ClF2N4O2. The largest absolute Gasteiger partial charge is 0.368 e. The summed E-state index contributed by atoms with van der Waals surface area (Å²) in [5, 5.41) is 4.32. The van der Waals surface area contributed by atoms with E-state index < -0.39 is 5.82 Å². The molecule has 3 aromatic rings. The number of amides is 1. The zero-order valence-electron chi connectivity index (χ0n) is 16.5. The molecule has 0 unspecified atom stereocenters. The van der Waals surface area contributed by atoms with Gasteiger partial charge >= 0.3 is 0 Å². The third-order valence-corrected chi connectivity index (χ3v) is 5.48. The normalized spacial score (nSPS) is 14.0. The highest BCUT2D eigenvalue weighted by Gasteiger charge is 2.22. The van der Waals surface area contributed by atoms with Crippen molar-refractivity contribution in [3.8, 4) is 11.3 Å². The van der Waals surface area contributed by atoms with Crippen LogP contribution in [-0.2, 0) is 11.3 Å². The summed E-state index contributed by atoms with van der Waals surface area (Å²) >= 11 is 5.86. The zero-order chi connectivity index (χ0) is 22.0. The summed E-state index contributed by atoms with van der Waals surface area (Å²) in [6, 6.07) is 13.2. The maximum atomic E-state index is 13.4. The molecule has 0 saturated carbocycles. The van der Waals surface area contributed by atoms with Crippen molar-refractivity contribution in [3.05, 3.63) is 81.6 Å². The highest BCUT2D eigenvalue weighted by atomic mass is 35.5. The van der Waals surface area contributed by atoms with Crippen LogP contribution >= 0.6 is 11.6 Å². The van der Waals surface area contributed by atoms with Gasteiger partial charge < -0.3 is 9.80 Å². The first kappa shape index (κ1) is 21.0. The van der Waals surface area contributed by atoms with E-state index in [-0.39, 0.29) is 28.9 Å². The Kier molecular flexibility index (Phi) is 5.99. The van der Waals surface area contributed by atoms with E-state index in [0.29, 0.717) is 37.4 Å². The number of aromatic nitrogens is 2. The Bertz CT molecular complexity index is 1160. The van der Waals surface area contributed by atoms with Crippen molar-refractivity contribution in [2.45, 2.75) is 6.54 Å². The second-order valence-corrected chi connectivity index (χ2v) is 7.59. The van der Waals surface area contributed by atoms with Crippen molar-refractivity contribution >= 4 is 23.2 Å². The van der Waals surface area contributed by atoms with Gasteiger partial charge in [0, 0.05) is 43.5 Å². The van der Waals surface area contributed by atoms with Crippen LogP contribution < -0.4 is 10.5 Å². The quantitative estimate of drug-likeness (QED) is 0.620. The van der Waals surface area contributed by atoms with E-state index in [1.54, 1.807) is 35.2 Å². The van der Waals surface area contributed by atoms with Crippen LogP contribution in [0.3, 0.4) is 0 Å². The zero-order valence-corrected chi connectivity index (χ0v) is 17.2. The van der Waals surface area contributed by atoms with Crippen LogP contribution in [0.25, 0.3) is 11.3 Å². The first-order chi connectivity index (χ1) is 14.9. The number of rotatable bonds is 4. The monoisotopic (exact) mass is 444 g/mol. The Labute approximate surface area is 182 Å². The molecule has 6 nitrogen and oxygen atoms in total. The molecule has 0 atom stereocenters. The predicted octanol–water partition coefficient (Wildman–Crippen LogP) is 3.19. The molecule has 1 aromatic heterocycles. The number of hydrogen-bond donors (Lipinski definition) is 0. The highest BCUT2D eigenvalue weighted by Crippen LogP contribution is 2.23. The summed E-state index contributed by atoms with van der Waals surface area (Å²) in [6.07, 6.45) is 0. The maximum Gasteiger partial charge on any atom is 0.267 e. The third kappa shape index (κ3) is 4.74. The van der Waals surface area contributed by atoms with Gasteiger partial charge in [0.25, 0.3) is 5.56 Å². The number of hydrogen-bond acceptors (Lipinski definition) is 4. The molecule has 2 aromatic carbocycles. The molecular weight excluding hydrogens is 426 g/mol. The smallest absolute Gasteiger partial charge is 0.267 e. The summed E-state index contributed by atoms with van der Waals surface area (Å²) in [7, 11) is 0. The highest BCUT2D eigenvalue weighted by molar-refractivity contribution is 6.31. The van der Waals surface area contributed by atoms with Crippen LogP contribution in [0, 0.1) is 11.6 Å². The lowest BCUT2D eigenvalue weighted by Gasteiger charge is -2.36. The Morgan fingerprint density at radius 1 is 0.968 bits per heavy atom. The molecule has 4 rings (SSSR count). The molecule has 1 aliphatic heterocycles. The van der Waals surface area contributed by atoms with Gasteiger partial charge in [0.15, 0.2) is 0 Å². The molecule has 0 radical (unpaired) electrons. The van der Waals surface area contributed by atoms with E-state index in [1.165, 1.54) is 24.3 Å². The van der Waals surface area contributed by atoms with E-state index in [0.717, 1.165) is 10.4 Å². The number of carbonyl (C=O) groups excluding carboxylic acids is 1. The SMILES string of the molecule is O=C(Cn1nc(-c2ccc(F)cc2)ccc1=O)N1CCN(c2ccc(F)c(Cl)c2)CC1. The Hall–Kier alpha value is -3.26. The molecule has 1 saturated heterocycles. The number of carbonyl (C=O) groups is 1. The Balaban J connectivity index is 1.42. The summed E-state index contributed by atoms with van der Waals surface area (Å²) in [4.78, 5) is 28.6. The van der Waals surface area contributed by atoms with Crippen molar-refractivity contribution in [3.63, 3.8) is 0 Å². The topological polar surface area (TPSA) is 58.4 Å². The van der Waals surface area contributed by atoms with Crippen molar-refractivity contribution in [2.24, 2.45) is 0 Å². The molecule has 1 amide bonds. The van der Waals surface area contributed by atoms with Gasteiger partial charge in [0.05, 0.1) is 10.7 Å². The van der Waals surface area contributed by atoms with Crippen LogP contribution in [0.2, 0.25) is 5.02 Å². The molecule has 31 heavy (non-hydrogen) atoms. The molecule has 0 N–H and O–H groups in total. The maximum absolute atomic E-state index is 13.4. The molecule has 160 valence electrons. The van der Waals surface area contributed by atoms with Gasteiger partial charge in [0.1, 0.15) is 18.2 Å². The Morgan fingerprint density at radius 2 is 1.68 bits per heavy atom. The number of anilines is 1. The number of nitrogens with zero attached hydrogens (tertiary/aromatic N) is 4. The number of benzene rings is 2. The average molecular weight is 445 g/mol. The van der Waals surface area contributed by atoms with Crippen molar-refractivity contribution in [2.75, 3.05) is 31.1 Å². The molecule has 1 aliphatic rings. The van der Waals surface area contributed by atoms with Crippen molar-refractivity contribution in [1.29, 1.82) is 0 Å². The third-order valence-electron chi connectivity index (χ3n) is 5.19. The molecule has 0 spiro atoms. The molecule has 1 fully saturated rings. The van der Waals surface area contributed by atoms with E-state index >= 15 is 0 Å².